The Morgan fingerprint density at radius 1 is 0.861 bits per heavy atom. The molecule has 1 N–H and O–H groups in total. The smallest absolute Gasteiger partial charge is 0.236 e. The fourth-order valence-electron chi connectivity index (χ4n) is 5.82. The Labute approximate surface area is 219 Å². The molecule has 2 aromatic carbocycles. The number of carbonyl (C=O) groups excluding carboxylic acids is 2. The van der Waals surface area contributed by atoms with Gasteiger partial charge >= 0.3 is 0 Å². The van der Waals surface area contributed by atoms with Crippen LogP contribution in [0.4, 0.5) is 11.4 Å². The van der Waals surface area contributed by atoms with Crippen LogP contribution in [0.2, 0.25) is 0 Å². The van der Waals surface area contributed by atoms with E-state index in [2.05, 4.69) is 29.3 Å². The molecule has 2 aliphatic heterocycles. The van der Waals surface area contributed by atoms with Crippen molar-refractivity contribution in [3.8, 4) is 5.75 Å². The van der Waals surface area contributed by atoms with Gasteiger partial charge in [-0.15, -0.1) is 0 Å². The first-order chi connectivity index (χ1) is 17.6. The zero-order chi connectivity index (χ0) is 24.9. The third kappa shape index (κ3) is 6.06. The number of anilines is 2. The third-order valence-corrected chi connectivity index (χ3v) is 8.53. The summed E-state index contributed by atoms with van der Waals surface area (Å²) in [6.07, 6.45) is 11.1. The van der Waals surface area contributed by atoms with E-state index in [9.17, 15) is 9.59 Å². The second kappa shape index (κ2) is 11.7. The van der Waals surface area contributed by atoms with Gasteiger partial charge in [0.2, 0.25) is 11.8 Å². The first kappa shape index (κ1) is 25.2. The molecule has 1 saturated heterocycles. The summed E-state index contributed by atoms with van der Waals surface area (Å²) in [5, 5.41) is 2.93. The number of nitrogens with one attached hydrogen (secondary N) is 1. The van der Waals surface area contributed by atoms with E-state index in [1.54, 1.807) is 0 Å². The molecule has 5 rings (SSSR count). The summed E-state index contributed by atoms with van der Waals surface area (Å²) >= 11 is 1.30. The standard InChI is InChI=1S/C29H37N3O3S/c1-21-9-12-25(13-10-21)36-35-24-11-14-26-27(19-24)32(29(34)20-28(33)30-26)23-15-17-31(18-16-23)22-7-5-3-2-4-6-8-22/h9-14,19,22-23H,2-8,15-18,20H2,1H3,(H,30,33). The zero-order valence-electron chi connectivity index (χ0n) is 21.2. The number of nitrogens with zero attached hydrogens (tertiary/aromatic N) is 2. The van der Waals surface area contributed by atoms with Crippen LogP contribution in [0, 0.1) is 6.92 Å². The van der Waals surface area contributed by atoms with E-state index >= 15 is 0 Å². The Morgan fingerprint density at radius 3 is 2.28 bits per heavy atom. The predicted octanol–water partition coefficient (Wildman–Crippen LogP) is 6.33. The van der Waals surface area contributed by atoms with Crippen molar-refractivity contribution in [1.82, 2.24) is 4.90 Å². The molecular formula is C29H37N3O3S. The van der Waals surface area contributed by atoms with Crippen LogP contribution in [-0.4, -0.2) is 41.9 Å². The molecule has 0 atom stereocenters. The lowest BCUT2D eigenvalue weighted by molar-refractivity contribution is -0.125. The highest BCUT2D eigenvalue weighted by Crippen LogP contribution is 2.38. The minimum Gasteiger partial charge on any atom is -0.421 e. The minimum atomic E-state index is -0.251. The van der Waals surface area contributed by atoms with Crippen LogP contribution in [0.5, 0.6) is 5.75 Å². The van der Waals surface area contributed by atoms with Gasteiger partial charge in [0.25, 0.3) is 0 Å². The molecule has 0 unspecified atom stereocenters. The van der Waals surface area contributed by atoms with Gasteiger partial charge in [-0.25, -0.2) is 0 Å². The van der Waals surface area contributed by atoms with E-state index in [1.165, 1.54) is 62.6 Å². The molecule has 0 bridgehead atoms. The van der Waals surface area contributed by atoms with Crippen LogP contribution >= 0.6 is 12.0 Å². The van der Waals surface area contributed by atoms with E-state index in [0.717, 1.165) is 36.5 Å². The molecule has 2 heterocycles. The van der Waals surface area contributed by atoms with Gasteiger partial charge in [-0.1, -0.05) is 49.8 Å². The number of aryl methyl sites for hydroxylation is 1. The van der Waals surface area contributed by atoms with Crippen molar-refractivity contribution in [3.05, 3.63) is 48.0 Å². The SMILES string of the molecule is Cc1ccc(SOc2ccc3c(c2)N(C2CCN(C4CCCCCCC4)CC2)C(=O)CC(=O)N3)cc1. The fourth-order valence-corrected chi connectivity index (χ4v) is 6.36. The van der Waals surface area contributed by atoms with Crippen LogP contribution in [-0.2, 0) is 9.59 Å². The molecule has 0 radical (unpaired) electrons. The van der Waals surface area contributed by atoms with Gasteiger partial charge in [-0.05, 0) is 56.9 Å². The molecule has 36 heavy (non-hydrogen) atoms. The third-order valence-electron chi connectivity index (χ3n) is 7.79. The number of hydrogen-bond acceptors (Lipinski definition) is 5. The van der Waals surface area contributed by atoms with E-state index in [-0.39, 0.29) is 24.3 Å². The topological polar surface area (TPSA) is 61.9 Å². The van der Waals surface area contributed by atoms with Crippen molar-refractivity contribution in [1.29, 1.82) is 0 Å². The number of amides is 2. The molecular weight excluding hydrogens is 470 g/mol. The zero-order valence-corrected chi connectivity index (χ0v) is 22.0. The van der Waals surface area contributed by atoms with Gasteiger partial charge in [0, 0.05) is 36.1 Å². The summed E-state index contributed by atoms with van der Waals surface area (Å²) in [6, 6.07) is 14.6. The van der Waals surface area contributed by atoms with Crippen LogP contribution in [0.1, 0.15) is 69.8 Å². The Morgan fingerprint density at radius 2 is 1.56 bits per heavy atom. The van der Waals surface area contributed by atoms with Crippen LogP contribution < -0.4 is 14.4 Å². The van der Waals surface area contributed by atoms with Crippen LogP contribution in [0.15, 0.2) is 47.4 Å². The Balaban J connectivity index is 1.30. The lowest BCUT2D eigenvalue weighted by Gasteiger charge is -2.42. The molecule has 192 valence electrons. The summed E-state index contributed by atoms with van der Waals surface area (Å²) in [4.78, 5) is 31.3. The Bertz CT molecular complexity index is 1060. The summed E-state index contributed by atoms with van der Waals surface area (Å²) < 4.78 is 6.01. The Hall–Kier alpha value is -2.51. The van der Waals surface area contributed by atoms with Crippen molar-refractivity contribution in [2.75, 3.05) is 23.3 Å². The maximum Gasteiger partial charge on any atom is 0.236 e. The van der Waals surface area contributed by atoms with E-state index in [0.29, 0.717) is 17.5 Å². The Kier molecular flexibility index (Phi) is 8.17. The summed E-state index contributed by atoms with van der Waals surface area (Å²) in [5.74, 6) is 0.289. The van der Waals surface area contributed by atoms with Crippen molar-refractivity contribution >= 4 is 35.2 Å². The van der Waals surface area contributed by atoms with Gasteiger partial charge in [0.1, 0.15) is 12.2 Å². The van der Waals surface area contributed by atoms with Crippen LogP contribution in [0.3, 0.4) is 0 Å². The van der Waals surface area contributed by atoms with E-state index in [4.69, 9.17) is 4.18 Å². The first-order valence-corrected chi connectivity index (χ1v) is 14.2. The van der Waals surface area contributed by atoms with Gasteiger partial charge in [0.05, 0.1) is 23.4 Å². The van der Waals surface area contributed by atoms with Crippen molar-refractivity contribution in [2.24, 2.45) is 0 Å². The lowest BCUT2D eigenvalue weighted by atomic mass is 9.93. The highest BCUT2D eigenvalue weighted by molar-refractivity contribution is 7.95. The van der Waals surface area contributed by atoms with E-state index in [1.807, 2.05) is 35.2 Å². The summed E-state index contributed by atoms with van der Waals surface area (Å²) in [6.45, 7) is 4.08. The average molecular weight is 508 g/mol. The predicted molar refractivity (Wildman–Crippen MR) is 146 cm³/mol. The van der Waals surface area contributed by atoms with Crippen LogP contribution in [0.25, 0.3) is 0 Å². The normalized spacial score (nSPS) is 20.8. The lowest BCUT2D eigenvalue weighted by Crippen LogP contribution is -2.50. The maximum absolute atomic E-state index is 13.3. The largest absolute Gasteiger partial charge is 0.421 e. The van der Waals surface area contributed by atoms with E-state index < -0.39 is 0 Å². The number of carbonyl (C=O) groups is 2. The van der Waals surface area contributed by atoms with Crippen molar-refractivity contribution in [3.63, 3.8) is 0 Å². The van der Waals surface area contributed by atoms with Crippen molar-refractivity contribution in [2.45, 2.75) is 88.1 Å². The van der Waals surface area contributed by atoms with Gasteiger partial charge in [0.15, 0.2) is 0 Å². The molecule has 7 heteroatoms. The molecule has 2 aromatic rings. The summed E-state index contributed by atoms with van der Waals surface area (Å²) in [7, 11) is 0. The molecule has 2 amide bonds. The highest BCUT2D eigenvalue weighted by atomic mass is 32.2. The average Bonchev–Trinajstić information content (AvgIpc) is 2.98. The second-order valence-electron chi connectivity index (χ2n) is 10.4. The van der Waals surface area contributed by atoms with Gasteiger partial charge in [-0.3, -0.25) is 9.59 Å². The molecule has 1 aliphatic carbocycles. The maximum atomic E-state index is 13.3. The summed E-state index contributed by atoms with van der Waals surface area (Å²) in [5.41, 5.74) is 2.63. The molecule has 0 spiro atoms. The number of fused-ring (bicyclic) bond motifs is 1. The molecule has 6 nitrogen and oxygen atoms in total. The molecule has 1 saturated carbocycles. The van der Waals surface area contributed by atoms with Gasteiger partial charge in [-0.2, -0.15) is 0 Å². The molecule has 0 aromatic heterocycles. The number of hydrogen-bond donors (Lipinski definition) is 1. The van der Waals surface area contributed by atoms with Crippen molar-refractivity contribution < 1.29 is 13.8 Å². The number of rotatable bonds is 5. The second-order valence-corrected chi connectivity index (χ2v) is 11.2. The minimum absolute atomic E-state index is 0.0914. The molecule has 2 fully saturated rings. The monoisotopic (exact) mass is 507 g/mol. The number of likely N-dealkylation sites (tertiary alicyclic amines) is 1. The molecule has 3 aliphatic rings. The number of benzene rings is 2. The fraction of sp³-hybridized carbons (Fsp3) is 0.517. The number of piperidine rings is 1. The first-order valence-electron chi connectivity index (χ1n) is 13.5. The highest BCUT2D eigenvalue weighted by Gasteiger charge is 2.35. The quantitative estimate of drug-likeness (QED) is 0.378. The van der Waals surface area contributed by atoms with Gasteiger partial charge < -0.3 is 19.3 Å².